The lowest BCUT2D eigenvalue weighted by molar-refractivity contribution is -0.120. The van der Waals surface area contributed by atoms with E-state index in [1.807, 2.05) is 0 Å². The van der Waals surface area contributed by atoms with Gasteiger partial charge in [0.05, 0.1) is 6.04 Å². The number of carbonyl (C=O) groups excluding carboxylic acids is 1. The normalized spacial score (nSPS) is 12.7. The molecule has 0 heterocycles. The second kappa shape index (κ2) is 10.1. The van der Waals surface area contributed by atoms with Gasteiger partial charge in [-0.05, 0) is 12.8 Å². The summed E-state index contributed by atoms with van der Waals surface area (Å²) >= 11 is 0. The third-order valence-electron chi connectivity index (χ3n) is 2.57. The fourth-order valence-corrected chi connectivity index (χ4v) is 1.49. The minimum absolute atomic E-state index is 0.184. The zero-order chi connectivity index (χ0) is 11.5. The number of rotatable bonds is 10. The van der Waals surface area contributed by atoms with Gasteiger partial charge in [0, 0.05) is 20.1 Å². The molecule has 0 aliphatic carbocycles. The molecule has 0 saturated heterocycles. The Morgan fingerprint density at radius 1 is 1.27 bits per heavy atom. The molecule has 90 valence electrons. The predicted octanol–water partition coefficient (Wildman–Crippen LogP) is 2.28. The van der Waals surface area contributed by atoms with Crippen LogP contribution in [0.4, 0.5) is 0 Å². The van der Waals surface area contributed by atoms with Crippen LogP contribution in [0.2, 0.25) is 0 Å². The highest BCUT2D eigenvalue weighted by atomic mass is 16.5. The average molecular weight is 215 g/mol. The van der Waals surface area contributed by atoms with Crippen LogP contribution in [0.3, 0.4) is 0 Å². The summed E-state index contributed by atoms with van der Waals surface area (Å²) in [5.41, 5.74) is 5.71. The summed E-state index contributed by atoms with van der Waals surface area (Å²) in [6, 6.07) is -0.323. The molecule has 0 aliphatic heterocycles. The Hall–Kier alpha value is -0.410. The van der Waals surface area contributed by atoms with Crippen LogP contribution >= 0.6 is 0 Å². The molecule has 0 amide bonds. The van der Waals surface area contributed by atoms with E-state index in [-0.39, 0.29) is 11.8 Å². The second-order valence-corrected chi connectivity index (χ2v) is 4.02. The highest BCUT2D eigenvalue weighted by molar-refractivity contribution is 5.83. The molecule has 0 spiro atoms. The number of hydrogen-bond donors (Lipinski definition) is 1. The van der Waals surface area contributed by atoms with Crippen molar-refractivity contribution in [2.24, 2.45) is 5.73 Å². The average Bonchev–Trinajstić information content (AvgIpc) is 2.25. The van der Waals surface area contributed by atoms with Gasteiger partial charge in [-0.25, -0.2) is 0 Å². The van der Waals surface area contributed by atoms with Gasteiger partial charge in [-0.1, -0.05) is 32.6 Å². The van der Waals surface area contributed by atoms with Crippen molar-refractivity contribution in [3.8, 4) is 0 Å². The van der Waals surface area contributed by atoms with E-state index in [0.717, 1.165) is 12.8 Å². The molecule has 0 aromatic heterocycles. The number of ether oxygens (including phenoxy) is 1. The van der Waals surface area contributed by atoms with Gasteiger partial charge in [0.2, 0.25) is 0 Å². The molecule has 0 aromatic carbocycles. The number of carbonyl (C=O) groups is 1. The van der Waals surface area contributed by atoms with Crippen molar-refractivity contribution in [1.82, 2.24) is 0 Å². The Morgan fingerprint density at radius 2 is 1.93 bits per heavy atom. The maximum Gasteiger partial charge on any atom is 0.149 e. The molecule has 2 N–H and O–H groups in total. The molecule has 3 nitrogen and oxygen atoms in total. The van der Waals surface area contributed by atoms with Gasteiger partial charge in [-0.15, -0.1) is 0 Å². The van der Waals surface area contributed by atoms with Crippen molar-refractivity contribution in [2.75, 3.05) is 13.7 Å². The van der Waals surface area contributed by atoms with Crippen molar-refractivity contribution < 1.29 is 9.53 Å². The highest BCUT2D eigenvalue weighted by Gasteiger charge is 2.11. The third-order valence-corrected chi connectivity index (χ3v) is 2.57. The smallest absolute Gasteiger partial charge is 0.149 e. The van der Waals surface area contributed by atoms with Gasteiger partial charge >= 0.3 is 0 Å². The maximum absolute atomic E-state index is 11.5. The van der Waals surface area contributed by atoms with Crippen molar-refractivity contribution in [3.05, 3.63) is 0 Å². The second-order valence-electron chi connectivity index (χ2n) is 4.02. The molecule has 0 rings (SSSR count). The van der Waals surface area contributed by atoms with Crippen LogP contribution in [0.5, 0.6) is 0 Å². The predicted molar refractivity (Wildman–Crippen MR) is 62.9 cm³/mol. The molecule has 0 aromatic rings. The van der Waals surface area contributed by atoms with Gasteiger partial charge in [-0.2, -0.15) is 0 Å². The zero-order valence-electron chi connectivity index (χ0n) is 10.1. The summed E-state index contributed by atoms with van der Waals surface area (Å²) < 4.78 is 4.89. The number of ketones is 1. The summed E-state index contributed by atoms with van der Waals surface area (Å²) in [7, 11) is 1.63. The van der Waals surface area contributed by atoms with E-state index in [9.17, 15) is 4.79 Å². The summed E-state index contributed by atoms with van der Waals surface area (Å²) in [4.78, 5) is 11.5. The first-order valence-electron chi connectivity index (χ1n) is 5.99. The first kappa shape index (κ1) is 14.6. The number of hydrogen-bond acceptors (Lipinski definition) is 3. The first-order valence-corrected chi connectivity index (χ1v) is 5.99. The van der Waals surface area contributed by atoms with E-state index in [2.05, 4.69) is 6.92 Å². The fraction of sp³-hybridized carbons (Fsp3) is 0.917. The maximum atomic E-state index is 11.5. The SMILES string of the molecule is CCCCCCCC(=O)C(N)CCOC. The van der Waals surface area contributed by atoms with Gasteiger partial charge in [0.1, 0.15) is 5.78 Å². The van der Waals surface area contributed by atoms with Crippen LogP contribution < -0.4 is 5.73 Å². The van der Waals surface area contributed by atoms with Crippen LogP contribution in [-0.4, -0.2) is 25.5 Å². The Bertz CT molecular complexity index is 160. The van der Waals surface area contributed by atoms with E-state index in [1.165, 1.54) is 19.3 Å². The third kappa shape index (κ3) is 8.58. The van der Waals surface area contributed by atoms with Crippen LogP contribution in [0.15, 0.2) is 0 Å². The lowest BCUT2D eigenvalue weighted by Crippen LogP contribution is -2.31. The molecule has 3 heteroatoms. The molecule has 1 atom stereocenters. The highest BCUT2D eigenvalue weighted by Crippen LogP contribution is 2.07. The lowest BCUT2D eigenvalue weighted by atomic mass is 10.0. The van der Waals surface area contributed by atoms with Crippen LogP contribution in [0.1, 0.15) is 51.9 Å². The van der Waals surface area contributed by atoms with E-state index in [1.54, 1.807) is 7.11 Å². The summed E-state index contributed by atoms with van der Waals surface area (Å²) in [6.45, 7) is 2.76. The molecule has 15 heavy (non-hydrogen) atoms. The van der Waals surface area contributed by atoms with Crippen LogP contribution in [-0.2, 0) is 9.53 Å². The molecular weight excluding hydrogens is 190 g/mol. The van der Waals surface area contributed by atoms with E-state index in [0.29, 0.717) is 19.4 Å². The molecule has 0 saturated carbocycles. The van der Waals surface area contributed by atoms with Crippen molar-refractivity contribution in [2.45, 2.75) is 57.9 Å². The largest absolute Gasteiger partial charge is 0.385 e. The van der Waals surface area contributed by atoms with Crippen LogP contribution in [0.25, 0.3) is 0 Å². The standard InChI is InChI=1S/C12H25NO2/c1-3-4-5-6-7-8-12(14)11(13)9-10-15-2/h11H,3-10,13H2,1-2H3. The molecular formula is C12H25NO2. The Kier molecular flexibility index (Phi) is 9.84. The number of Topliss-reactive ketones (excluding diaryl/α,β-unsaturated/α-hetero) is 1. The van der Waals surface area contributed by atoms with E-state index < -0.39 is 0 Å². The lowest BCUT2D eigenvalue weighted by Gasteiger charge is -2.09. The summed E-state index contributed by atoms with van der Waals surface area (Å²) in [5.74, 6) is 0.184. The first-order chi connectivity index (χ1) is 7.22. The molecule has 0 fully saturated rings. The zero-order valence-corrected chi connectivity index (χ0v) is 10.1. The van der Waals surface area contributed by atoms with Crippen LogP contribution in [0, 0.1) is 0 Å². The fourth-order valence-electron chi connectivity index (χ4n) is 1.49. The van der Waals surface area contributed by atoms with E-state index >= 15 is 0 Å². The number of unbranched alkanes of at least 4 members (excludes halogenated alkanes) is 4. The van der Waals surface area contributed by atoms with Gasteiger partial charge < -0.3 is 10.5 Å². The summed E-state index contributed by atoms with van der Waals surface area (Å²) in [5, 5.41) is 0. The topological polar surface area (TPSA) is 52.3 Å². The van der Waals surface area contributed by atoms with Crippen molar-refractivity contribution >= 4 is 5.78 Å². The van der Waals surface area contributed by atoms with Gasteiger partial charge in [0.25, 0.3) is 0 Å². The van der Waals surface area contributed by atoms with E-state index in [4.69, 9.17) is 10.5 Å². The Balaban J connectivity index is 3.38. The summed E-state index contributed by atoms with van der Waals surface area (Å²) in [6.07, 6.45) is 7.15. The quantitative estimate of drug-likeness (QED) is 0.569. The Labute approximate surface area is 93.4 Å². The molecule has 0 radical (unpaired) electrons. The monoisotopic (exact) mass is 215 g/mol. The van der Waals surface area contributed by atoms with Gasteiger partial charge in [-0.3, -0.25) is 4.79 Å². The van der Waals surface area contributed by atoms with Crippen molar-refractivity contribution in [1.29, 1.82) is 0 Å². The molecule has 1 unspecified atom stereocenters. The Morgan fingerprint density at radius 3 is 2.53 bits per heavy atom. The molecule has 0 bridgehead atoms. The number of nitrogens with two attached hydrogens (primary N) is 1. The minimum Gasteiger partial charge on any atom is -0.385 e. The van der Waals surface area contributed by atoms with Gasteiger partial charge in [0.15, 0.2) is 0 Å². The van der Waals surface area contributed by atoms with Crippen molar-refractivity contribution in [3.63, 3.8) is 0 Å². The molecule has 0 aliphatic rings. The number of methoxy groups -OCH3 is 1. The minimum atomic E-state index is -0.323.